The lowest BCUT2D eigenvalue weighted by Gasteiger charge is -2.16. The molecule has 0 spiro atoms. The van der Waals surface area contributed by atoms with Gasteiger partial charge in [-0.1, -0.05) is 18.2 Å². The number of nitrogens with one attached hydrogen (secondary N) is 2. The van der Waals surface area contributed by atoms with Crippen LogP contribution in [0.4, 0.5) is 0 Å². The fourth-order valence-electron chi connectivity index (χ4n) is 2.93. The number of methoxy groups -OCH3 is 1. The van der Waals surface area contributed by atoms with Crippen LogP contribution in [0.2, 0.25) is 0 Å². The third-order valence-corrected chi connectivity index (χ3v) is 4.53. The second kappa shape index (κ2) is 9.11. The number of carbonyl (C=O) groups excluding carboxylic acids is 2. The van der Waals surface area contributed by atoms with E-state index < -0.39 is 0 Å². The van der Waals surface area contributed by atoms with Gasteiger partial charge in [0.25, 0.3) is 11.8 Å². The smallest absolute Gasteiger partial charge is 0.261 e. The fraction of sp³-hybridized carbons (Fsp3) is 0.143. The normalized spacial score (nSPS) is 12.8. The molecule has 0 fully saturated rings. The molecule has 7 nitrogen and oxygen atoms in total. The van der Waals surface area contributed by atoms with Gasteiger partial charge in [-0.25, -0.2) is 0 Å². The van der Waals surface area contributed by atoms with Crippen molar-refractivity contribution in [2.24, 2.45) is 5.10 Å². The number of benzene rings is 2. The maximum Gasteiger partial charge on any atom is 0.261 e. The predicted octanol–water partition coefficient (Wildman–Crippen LogP) is 2.48. The largest absolute Gasteiger partial charge is 0.496 e. The van der Waals surface area contributed by atoms with Gasteiger partial charge in [0.05, 0.1) is 31.0 Å². The molecule has 0 radical (unpaired) electrons. The van der Waals surface area contributed by atoms with E-state index >= 15 is 0 Å². The Labute approximate surface area is 174 Å². The van der Waals surface area contributed by atoms with E-state index in [-0.39, 0.29) is 18.4 Å². The predicted molar refractivity (Wildman–Crippen MR) is 115 cm³/mol. The summed E-state index contributed by atoms with van der Waals surface area (Å²) in [5.74, 6) is -0.0473. The van der Waals surface area contributed by atoms with Gasteiger partial charge in [-0.2, -0.15) is 5.10 Å². The van der Waals surface area contributed by atoms with Crippen LogP contribution in [0, 0.1) is 0 Å². The lowest BCUT2D eigenvalue weighted by molar-refractivity contribution is 0.0641. The number of hydrogen-bond donors (Lipinski definition) is 2. The molecule has 0 saturated heterocycles. The Kier molecular flexibility index (Phi) is 6.36. The van der Waals surface area contributed by atoms with E-state index in [0.717, 1.165) is 5.56 Å². The number of hydrazone groups is 1. The Bertz CT molecular complexity index is 968. The number of imide groups is 1. The summed E-state index contributed by atoms with van der Waals surface area (Å²) in [5, 5.41) is 7.36. The van der Waals surface area contributed by atoms with Gasteiger partial charge in [-0.05, 0) is 48.1 Å². The molecule has 2 N–H and O–H groups in total. The molecule has 148 valence electrons. The molecule has 3 rings (SSSR count). The molecule has 1 heterocycles. The number of thiocarbonyl (C=S) groups is 1. The highest BCUT2D eigenvalue weighted by Crippen LogP contribution is 2.27. The zero-order chi connectivity index (χ0) is 20.8. The van der Waals surface area contributed by atoms with Crippen molar-refractivity contribution >= 4 is 35.4 Å². The number of nitrogens with zero attached hydrogens (tertiary/aromatic N) is 2. The van der Waals surface area contributed by atoms with E-state index in [2.05, 4.69) is 22.4 Å². The van der Waals surface area contributed by atoms with Crippen LogP contribution in [0.5, 0.6) is 5.75 Å². The van der Waals surface area contributed by atoms with E-state index in [4.69, 9.17) is 17.0 Å². The zero-order valence-electron chi connectivity index (χ0n) is 15.8. The maximum absolute atomic E-state index is 12.6. The van der Waals surface area contributed by atoms with Gasteiger partial charge < -0.3 is 10.1 Å². The van der Waals surface area contributed by atoms with Gasteiger partial charge >= 0.3 is 0 Å². The van der Waals surface area contributed by atoms with Gasteiger partial charge in [0.2, 0.25) is 0 Å². The highest BCUT2D eigenvalue weighted by atomic mass is 32.1. The van der Waals surface area contributed by atoms with Crippen LogP contribution in [-0.4, -0.2) is 41.7 Å². The second-order valence-electron chi connectivity index (χ2n) is 6.18. The Balaban J connectivity index is 1.76. The minimum absolute atomic E-state index is 0.101. The molecule has 0 atom stereocenters. The molecule has 2 amide bonds. The van der Waals surface area contributed by atoms with Gasteiger partial charge in [-0.3, -0.25) is 19.9 Å². The second-order valence-corrected chi connectivity index (χ2v) is 6.59. The summed E-state index contributed by atoms with van der Waals surface area (Å²) in [6.45, 7) is 4.24. The highest BCUT2D eigenvalue weighted by Gasteiger charge is 2.35. The summed E-state index contributed by atoms with van der Waals surface area (Å²) < 4.78 is 5.40. The Hall–Kier alpha value is -3.52. The maximum atomic E-state index is 12.6. The first kappa shape index (κ1) is 20.2. The van der Waals surface area contributed by atoms with Crippen molar-refractivity contribution in [1.82, 2.24) is 15.6 Å². The van der Waals surface area contributed by atoms with Crippen molar-refractivity contribution in [2.45, 2.75) is 6.54 Å². The number of ether oxygens (including phenoxy) is 1. The molecule has 29 heavy (non-hydrogen) atoms. The van der Waals surface area contributed by atoms with Crippen LogP contribution in [0.3, 0.4) is 0 Å². The first-order valence-corrected chi connectivity index (χ1v) is 9.26. The van der Waals surface area contributed by atoms with Gasteiger partial charge in [0, 0.05) is 12.1 Å². The van der Waals surface area contributed by atoms with E-state index in [1.54, 1.807) is 49.7 Å². The average Bonchev–Trinajstić information content (AvgIpc) is 2.97. The first-order valence-electron chi connectivity index (χ1n) is 8.85. The molecule has 0 bridgehead atoms. The van der Waals surface area contributed by atoms with Crippen LogP contribution in [0.15, 0.2) is 60.2 Å². The molecule has 1 aliphatic rings. The molecular weight excluding hydrogens is 388 g/mol. The minimum Gasteiger partial charge on any atom is -0.496 e. The van der Waals surface area contributed by atoms with Crippen LogP contribution in [0.1, 0.15) is 31.8 Å². The SMILES string of the molecule is C=CCNC(=S)NN=Cc1ccc(OC)c(CN2C(=O)c3ccccc3C2=O)c1. The molecule has 8 heteroatoms. The lowest BCUT2D eigenvalue weighted by Crippen LogP contribution is -2.31. The van der Waals surface area contributed by atoms with Crippen LogP contribution in [0.25, 0.3) is 0 Å². The lowest BCUT2D eigenvalue weighted by atomic mass is 10.1. The van der Waals surface area contributed by atoms with Crippen molar-refractivity contribution in [1.29, 1.82) is 0 Å². The van der Waals surface area contributed by atoms with Crippen LogP contribution < -0.4 is 15.5 Å². The van der Waals surface area contributed by atoms with Gasteiger partial charge in [0.1, 0.15) is 5.75 Å². The average molecular weight is 408 g/mol. The topological polar surface area (TPSA) is 83.0 Å². The van der Waals surface area contributed by atoms with E-state index in [0.29, 0.717) is 34.1 Å². The van der Waals surface area contributed by atoms with Crippen molar-refractivity contribution in [2.75, 3.05) is 13.7 Å². The van der Waals surface area contributed by atoms with E-state index in [1.165, 1.54) is 4.90 Å². The standard InChI is InChI=1S/C21H20N4O3S/c1-3-10-22-21(29)24-23-12-14-8-9-18(28-2)15(11-14)13-25-19(26)16-6-4-5-7-17(16)20(25)27/h3-9,11-12H,1,10,13H2,2H3,(H2,22,24,29). The van der Waals surface area contributed by atoms with Crippen molar-refractivity contribution in [3.63, 3.8) is 0 Å². The molecule has 1 aliphatic heterocycles. The monoisotopic (exact) mass is 408 g/mol. The van der Waals surface area contributed by atoms with Crippen molar-refractivity contribution in [3.8, 4) is 5.75 Å². The quantitative estimate of drug-likeness (QED) is 0.241. The van der Waals surface area contributed by atoms with Crippen molar-refractivity contribution in [3.05, 3.63) is 77.4 Å². The Morgan fingerprint density at radius 3 is 2.52 bits per heavy atom. The molecule has 0 aromatic heterocycles. The first-order chi connectivity index (χ1) is 14.0. The number of amides is 2. The van der Waals surface area contributed by atoms with Crippen LogP contribution in [-0.2, 0) is 6.54 Å². The number of rotatable bonds is 7. The van der Waals surface area contributed by atoms with E-state index in [1.807, 2.05) is 12.1 Å². The van der Waals surface area contributed by atoms with Gasteiger partial charge in [0.15, 0.2) is 5.11 Å². The molecule has 0 aliphatic carbocycles. The molecule has 0 saturated carbocycles. The fourth-order valence-corrected chi connectivity index (χ4v) is 3.06. The summed E-state index contributed by atoms with van der Waals surface area (Å²) in [6.07, 6.45) is 3.28. The summed E-state index contributed by atoms with van der Waals surface area (Å²) in [7, 11) is 1.54. The van der Waals surface area contributed by atoms with E-state index in [9.17, 15) is 9.59 Å². The Morgan fingerprint density at radius 2 is 1.90 bits per heavy atom. The summed E-state index contributed by atoms with van der Waals surface area (Å²) in [4.78, 5) is 26.5. The summed E-state index contributed by atoms with van der Waals surface area (Å²) in [6, 6.07) is 12.2. The zero-order valence-corrected chi connectivity index (χ0v) is 16.7. The van der Waals surface area contributed by atoms with Crippen LogP contribution >= 0.6 is 12.2 Å². The summed E-state index contributed by atoms with van der Waals surface area (Å²) >= 11 is 5.07. The molecule has 2 aromatic carbocycles. The third-order valence-electron chi connectivity index (χ3n) is 4.30. The number of hydrogen-bond acceptors (Lipinski definition) is 5. The molecule has 0 unspecified atom stereocenters. The highest BCUT2D eigenvalue weighted by molar-refractivity contribution is 7.80. The number of carbonyl (C=O) groups is 2. The third kappa shape index (κ3) is 4.49. The number of fused-ring (bicyclic) bond motifs is 1. The molecule has 2 aromatic rings. The van der Waals surface area contributed by atoms with Crippen molar-refractivity contribution < 1.29 is 14.3 Å². The Morgan fingerprint density at radius 1 is 1.21 bits per heavy atom. The molecular formula is C21H20N4O3S. The van der Waals surface area contributed by atoms with Gasteiger partial charge in [-0.15, -0.1) is 6.58 Å². The summed E-state index contributed by atoms with van der Waals surface area (Å²) in [5.41, 5.74) is 4.99. The minimum atomic E-state index is -0.313.